The minimum Gasteiger partial charge on any atom is -0.309 e. The van der Waals surface area contributed by atoms with E-state index in [1.807, 2.05) is 36.4 Å². The second kappa shape index (κ2) is 11.7. The molecule has 6 rings (SSSR count). The highest BCUT2D eigenvalue weighted by atomic mass is 32.2. The summed E-state index contributed by atoms with van der Waals surface area (Å²) in [5, 5.41) is 7.62. The van der Waals surface area contributed by atoms with Crippen molar-refractivity contribution in [2.75, 3.05) is 10.7 Å². The van der Waals surface area contributed by atoms with Crippen molar-refractivity contribution in [2.45, 2.75) is 50.4 Å². The Morgan fingerprint density at radius 3 is 2.59 bits per heavy atom. The van der Waals surface area contributed by atoms with Crippen LogP contribution in [0.3, 0.4) is 0 Å². The van der Waals surface area contributed by atoms with E-state index in [-0.39, 0.29) is 48.3 Å². The van der Waals surface area contributed by atoms with Gasteiger partial charge in [-0.1, -0.05) is 29.5 Å². The number of amides is 1. The number of hydrogen-bond acceptors (Lipinski definition) is 8. The van der Waals surface area contributed by atoms with E-state index in [0.717, 1.165) is 35.7 Å². The fraction of sp³-hybridized carbons (Fsp3) is 0.290. The molecule has 13 heteroatoms. The van der Waals surface area contributed by atoms with Crippen molar-refractivity contribution < 1.29 is 17.6 Å². The lowest BCUT2D eigenvalue weighted by molar-refractivity contribution is -0.118. The molecule has 3 heterocycles. The number of anilines is 1. The first-order valence-electron chi connectivity index (χ1n) is 14.2. The summed E-state index contributed by atoms with van der Waals surface area (Å²) < 4.78 is 44.3. The maximum Gasteiger partial charge on any atom is 0.286 e. The van der Waals surface area contributed by atoms with E-state index < -0.39 is 26.4 Å². The highest BCUT2D eigenvalue weighted by Crippen LogP contribution is 2.32. The quantitative estimate of drug-likeness (QED) is 0.217. The summed E-state index contributed by atoms with van der Waals surface area (Å²) in [5.74, 6) is -1.45. The first-order valence-corrected chi connectivity index (χ1v) is 15.9. The van der Waals surface area contributed by atoms with Gasteiger partial charge in [0.2, 0.25) is 20.9 Å². The summed E-state index contributed by atoms with van der Waals surface area (Å²) in [6.07, 6.45) is 3.44. The van der Waals surface area contributed by atoms with Crippen molar-refractivity contribution in [3.63, 3.8) is 0 Å². The third kappa shape index (κ3) is 6.13. The zero-order valence-electron chi connectivity index (χ0n) is 24.2. The second-order valence-corrected chi connectivity index (χ2v) is 13.0. The molecule has 3 aromatic heterocycles. The van der Waals surface area contributed by atoms with Gasteiger partial charge in [-0.15, -0.1) is 5.10 Å². The summed E-state index contributed by atoms with van der Waals surface area (Å²) >= 11 is 0. The smallest absolute Gasteiger partial charge is 0.286 e. The molecule has 11 nitrogen and oxygen atoms in total. The summed E-state index contributed by atoms with van der Waals surface area (Å²) in [5.41, 5.74) is 2.91. The second-order valence-electron chi connectivity index (χ2n) is 11.0. The number of nitrogens with zero attached hydrogens (tertiary/aromatic N) is 7. The van der Waals surface area contributed by atoms with Gasteiger partial charge in [-0.3, -0.25) is 9.59 Å². The number of sulfone groups is 1. The SMILES string of the molecule is Cc1cc(-c2cc(F)c(=O)n(Cc3ccc4nnn(C)c4c3)c2)nc(S(=O)(=O)CCCC(=O)N(c2ccccc2)C2CC2)n1. The number of aromatic nitrogens is 6. The van der Waals surface area contributed by atoms with Crippen LogP contribution in [0.15, 0.2) is 76.8 Å². The fourth-order valence-electron chi connectivity index (χ4n) is 5.16. The number of pyridine rings is 1. The molecular formula is C31H30FN7O4S. The summed E-state index contributed by atoms with van der Waals surface area (Å²) in [6.45, 7) is 1.68. The largest absolute Gasteiger partial charge is 0.309 e. The Balaban J connectivity index is 1.21. The molecule has 0 bridgehead atoms. The maximum atomic E-state index is 14.9. The Bertz CT molecular complexity index is 2040. The van der Waals surface area contributed by atoms with Crippen LogP contribution in [0.4, 0.5) is 10.1 Å². The van der Waals surface area contributed by atoms with E-state index in [9.17, 15) is 22.4 Å². The minimum absolute atomic E-state index is 0.0557. The fourth-order valence-corrected chi connectivity index (χ4v) is 6.39. The van der Waals surface area contributed by atoms with Crippen molar-refractivity contribution in [2.24, 2.45) is 7.05 Å². The number of benzene rings is 2. The molecule has 0 N–H and O–H groups in total. The van der Waals surface area contributed by atoms with Crippen LogP contribution in [0.1, 0.15) is 36.9 Å². The van der Waals surface area contributed by atoms with Gasteiger partial charge in [-0.2, -0.15) is 0 Å². The van der Waals surface area contributed by atoms with Gasteiger partial charge < -0.3 is 9.47 Å². The molecule has 1 fully saturated rings. The molecule has 1 saturated carbocycles. The highest BCUT2D eigenvalue weighted by molar-refractivity contribution is 7.91. The molecule has 2 aromatic carbocycles. The van der Waals surface area contributed by atoms with Crippen molar-refractivity contribution in [3.8, 4) is 11.3 Å². The molecule has 5 aromatic rings. The highest BCUT2D eigenvalue weighted by Gasteiger charge is 2.33. The van der Waals surface area contributed by atoms with Crippen molar-refractivity contribution in [1.29, 1.82) is 0 Å². The average molecular weight is 616 g/mol. The molecule has 1 aliphatic carbocycles. The Hall–Kier alpha value is -4.78. The monoisotopic (exact) mass is 615 g/mol. The van der Waals surface area contributed by atoms with Gasteiger partial charge in [-0.05, 0) is 68.1 Å². The van der Waals surface area contributed by atoms with Crippen LogP contribution in [0.25, 0.3) is 22.3 Å². The number of carbonyl (C=O) groups is 1. The van der Waals surface area contributed by atoms with E-state index in [0.29, 0.717) is 11.2 Å². The Kier molecular flexibility index (Phi) is 7.80. The number of halogens is 1. The zero-order chi connectivity index (χ0) is 31.0. The first kappa shape index (κ1) is 29.3. The van der Waals surface area contributed by atoms with Crippen LogP contribution in [0.2, 0.25) is 0 Å². The van der Waals surface area contributed by atoms with E-state index in [4.69, 9.17) is 0 Å². The van der Waals surface area contributed by atoms with Crippen LogP contribution in [0.5, 0.6) is 0 Å². The first-order chi connectivity index (χ1) is 21.1. The lowest BCUT2D eigenvalue weighted by Gasteiger charge is -2.22. The number of aryl methyl sites for hydroxylation is 2. The third-order valence-electron chi connectivity index (χ3n) is 7.50. The normalized spacial score (nSPS) is 13.3. The number of rotatable bonds is 10. The van der Waals surface area contributed by atoms with E-state index in [1.165, 1.54) is 16.8 Å². The maximum absolute atomic E-state index is 14.9. The van der Waals surface area contributed by atoms with Gasteiger partial charge in [0.1, 0.15) is 5.52 Å². The van der Waals surface area contributed by atoms with Crippen molar-refractivity contribution in [3.05, 3.63) is 94.3 Å². The summed E-state index contributed by atoms with van der Waals surface area (Å²) in [7, 11) is -2.22. The molecule has 1 aliphatic rings. The van der Waals surface area contributed by atoms with Crippen molar-refractivity contribution in [1.82, 2.24) is 29.5 Å². The van der Waals surface area contributed by atoms with Gasteiger partial charge >= 0.3 is 0 Å². The van der Waals surface area contributed by atoms with Gasteiger partial charge in [-0.25, -0.2) is 27.5 Å². The standard InChI is InChI=1S/C31H30FN7O4S/c1-20-15-27(22-17-25(32)30(41)38(19-22)18-21-10-13-26-28(16-21)37(2)36-35-26)34-31(33-20)44(42,43)14-6-9-29(40)39(24-11-12-24)23-7-4-3-5-8-23/h3-5,7-8,10,13,15-17,19,24H,6,9,11-12,14,18H2,1-2H3. The zero-order valence-corrected chi connectivity index (χ0v) is 25.0. The van der Waals surface area contributed by atoms with Gasteiger partial charge in [0.15, 0.2) is 5.82 Å². The van der Waals surface area contributed by atoms with Gasteiger partial charge in [0.25, 0.3) is 5.56 Å². The predicted octanol–water partition coefficient (Wildman–Crippen LogP) is 3.83. The molecule has 0 unspecified atom stereocenters. The molecule has 0 aliphatic heterocycles. The summed E-state index contributed by atoms with van der Waals surface area (Å²) in [6, 6.07) is 17.4. The topological polar surface area (TPSA) is 133 Å². The van der Waals surface area contributed by atoms with E-state index in [2.05, 4.69) is 20.3 Å². The average Bonchev–Trinajstić information content (AvgIpc) is 3.77. The Morgan fingerprint density at radius 2 is 1.84 bits per heavy atom. The predicted molar refractivity (Wildman–Crippen MR) is 162 cm³/mol. The minimum atomic E-state index is -3.97. The van der Waals surface area contributed by atoms with Crippen LogP contribution in [-0.2, 0) is 28.2 Å². The third-order valence-corrected chi connectivity index (χ3v) is 9.06. The molecular weight excluding hydrogens is 585 g/mol. The summed E-state index contributed by atoms with van der Waals surface area (Å²) in [4.78, 5) is 35.9. The Morgan fingerprint density at radius 1 is 1.07 bits per heavy atom. The lowest BCUT2D eigenvalue weighted by Crippen LogP contribution is -2.33. The molecule has 226 valence electrons. The van der Waals surface area contributed by atoms with Gasteiger partial charge in [0, 0.05) is 42.7 Å². The van der Waals surface area contributed by atoms with Crippen LogP contribution >= 0.6 is 0 Å². The number of hydrogen-bond donors (Lipinski definition) is 0. The van der Waals surface area contributed by atoms with Gasteiger partial charge in [0.05, 0.1) is 23.5 Å². The van der Waals surface area contributed by atoms with E-state index >= 15 is 0 Å². The molecule has 0 atom stereocenters. The molecule has 0 spiro atoms. The van der Waals surface area contributed by atoms with E-state index in [1.54, 1.807) is 35.7 Å². The molecule has 0 radical (unpaired) electrons. The van der Waals surface area contributed by atoms with Crippen molar-refractivity contribution >= 4 is 32.5 Å². The lowest BCUT2D eigenvalue weighted by atomic mass is 10.1. The molecule has 0 saturated heterocycles. The van der Waals surface area contributed by atoms with Crippen LogP contribution in [0, 0.1) is 12.7 Å². The Labute approximate surface area is 252 Å². The number of fused-ring (bicyclic) bond motifs is 1. The van der Waals surface area contributed by atoms with Crippen LogP contribution < -0.4 is 10.5 Å². The molecule has 44 heavy (non-hydrogen) atoms. The van der Waals surface area contributed by atoms with Crippen LogP contribution in [-0.4, -0.2) is 55.6 Å². The number of carbonyl (C=O) groups excluding carboxylic acids is 1. The number of para-hydroxylation sites is 1. The molecule has 1 amide bonds.